The summed E-state index contributed by atoms with van der Waals surface area (Å²) in [6.07, 6.45) is 7.24. The van der Waals surface area contributed by atoms with Crippen LogP contribution in [0.25, 0.3) is 0 Å². The van der Waals surface area contributed by atoms with Crippen LogP contribution in [0.15, 0.2) is 36.7 Å². The number of halogens is 1. The molecule has 0 aliphatic carbocycles. The maximum atomic E-state index is 11.4. The molecule has 0 atom stereocenters. The molecular formula is C11H14INO2. The van der Waals surface area contributed by atoms with Gasteiger partial charge in [0.1, 0.15) is 19.2 Å². The standard InChI is InChI=1S/C11H14NO2.HI/c1-3-4-8-14-11(13)10-6-5-7-12(2)9-10;/h3-7,9H,8H2,1-2H3;1H/q+1;/p-1. The summed E-state index contributed by atoms with van der Waals surface area (Å²) in [5, 5.41) is 0. The molecule has 3 nitrogen and oxygen atoms in total. The van der Waals surface area contributed by atoms with Gasteiger partial charge in [0.15, 0.2) is 12.4 Å². The summed E-state index contributed by atoms with van der Waals surface area (Å²) in [6, 6.07) is 3.55. The monoisotopic (exact) mass is 319 g/mol. The molecule has 0 spiro atoms. The SMILES string of the molecule is CC=CCOC(=O)c1ccc[n+](C)c1.[I-]. The second kappa shape index (κ2) is 7.39. The van der Waals surface area contributed by atoms with Gasteiger partial charge in [-0.05, 0) is 13.0 Å². The summed E-state index contributed by atoms with van der Waals surface area (Å²) in [5.41, 5.74) is 0.569. The van der Waals surface area contributed by atoms with Gasteiger partial charge in [-0.25, -0.2) is 9.36 Å². The lowest BCUT2D eigenvalue weighted by Crippen LogP contribution is -3.00. The van der Waals surface area contributed by atoms with Crippen LogP contribution in [0.1, 0.15) is 17.3 Å². The molecule has 0 bridgehead atoms. The summed E-state index contributed by atoms with van der Waals surface area (Å²) in [4.78, 5) is 11.4. The fourth-order valence-electron chi connectivity index (χ4n) is 1.01. The number of aromatic nitrogens is 1. The third kappa shape index (κ3) is 4.92. The van der Waals surface area contributed by atoms with Crippen molar-refractivity contribution in [2.45, 2.75) is 6.92 Å². The summed E-state index contributed by atoms with van der Waals surface area (Å²) in [5.74, 6) is -0.292. The zero-order valence-corrected chi connectivity index (χ0v) is 11.0. The summed E-state index contributed by atoms with van der Waals surface area (Å²) in [6.45, 7) is 2.21. The smallest absolute Gasteiger partial charge is 0.344 e. The van der Waals surface area contributed by atoms with Crippen LogP contribution in [0.5, 0.6) is 0 Å². The highest BCUT2D eigenvalue weighted by molar-refractivity contribution is 5.88. The highest BCUT2D eigenvalue weighted by atomic mass is 127. The van der Waals surface area contributed by atoms with E-state index in [1.165, 1.54) is 0 Å². The molecule has 1 rings (SSSR count). The van der Waals surface area contributed by atoms with Gasteiger partial charge < -0.3 is 28.7 Å². The highest BCUT2D eigenvalue weighted by Crippen LogP contribution is 1.97. The van der Waals surface area contributed by atoms with Crippen LogP contribution in [-0.2, 0) is 11.8 Å². The minimum absolute atomic E-state index is 0. The first-order valence-corrected chi connectivity index (χ1v) is 4.47. The van der Waals surface area contributed by atoms with Crippen LogP contribution in [-0.4, -0.2) is 12.6 Å². The molecule has 0 saturated carbocycles. The van der Waals surface area contributed by atoms with Crippen molar-refractivity contribution in [2.75, 3.05) is 6.61 Å². The molecule has 82 valence electrons. The third-order valence-corrected chi connectivity index (χ3v) is 1.72. The van der Waals surface area contributed by atoms with Crippen molar-refractivity contribution in [1.29, 1.82) is 0 Å². The molecule has 0 N–H and O–H groups in total. The number of aryl methyl sites for hydroxylation is 1. The number of pyridine rings is 1. The van der Waals surface area contributed by atoms with Crippen molar-refractivity contribution < 1.29 is 38.1 Å². The van der Waals surface area contributed by atoms with E-state index in [-0.39, 0.29) is 29.9 Å². The van der Waals surface area contributed by atoms with Gasteiger partial charge in [0.05, 0.1) is 0 Å². The lowest BCUT2D eigenvalue weighted by molar-refractivity contribution is -0.671. The molecule has 1 aromatic heterocycles. The highest BCUT2D eigenvalue weighted by Gasteiger charge is 2.08. The largest absolute Gasteiger partial charge is 1.00 e. The number of rotatable bonds is 3. The normalized spacial score (nSPS) is 9.73. The van der Waals surface area contributed by atoms with Gasteiger partial charge in [-0.2, -0.15) is 0 Å². The second-order valence-electron chi connectivity index (χ2n) is 2.93. The van der Waals surface area contributed by atoms with E-state index in [1.54, 1.807) is 18.3 Å². The van der Waals surface area contributed by atoms with Crippen LogP contribution in [0.4, 0.5) is 0 Å². The summed E-state index contributed by atoms with van der Waals surface area (Å²) < 4.78 is 6.80. The topological polar surface area (TPSA) is 30.2 Å². The number of hydrogen-bond acceptors (Lipinski definition) is 2. The van der Waals surface area contributed by atoms with Gasteiger partial charge in [-0.15, -0.1) is 0 Å². The fourth-order valence-corrected chi connectivity index (χ4v) is 1.01. The van der Waals surface area contributed by atoms with Gasteiger partial charge >= 0.3 is 5.97 Å². The van der Waals surface area contributed by atoms with E-state index in [1.807, 2.05) is 36.9 Å². The molecule has 1 aromatic rings. The number of carbonyl (C=O) groups excluding carboxylic acids is 1. The van der Waals surface area contributed by atoms with Gasteiger partial charge in [-0.3, -0.25) is 0 Å². The molecule has 0 aliphatic rings. The first-order chi connectivity index (χ1) is 6.74. The Morgan fingerprint density at radius 1 is 1.60 bits per heavy atom. The van der Waals surface area contributed by atoms with E-state index in [0.29, 0.717) is 12.2 Å². The molecule has 0 aliphatic heterocycles. The molecule has 0 radical (unpaired) electrons. The molecule has 1 heterocycles. The van der Waals surface area contributed by atoms with Crippen molar-refractivity contribution in [2.24, 2.45) is 7.05 Å². The Bertz CT molecular complexity index is 350. The average Bonchev–Trinajstić information content (AvgIpc) is 2.18. The van der Waals surface area contributed by atoms with E-state index >= 15 is 0 Å². The van der Waals surface area contributed by atoms with E-state index in [9.17, 15) is 4.79 Å². The Kier molecular flexibility index (Phi) is 6.94. The lowest BCUT2D eigenvalue weighted by Gasteiger charge is -1.99. The Hall–Kier alpha value is -0.910. The van der Waals surface area contributed by atoms with Gasteiger partial charge in [-0.1, -0.05) is 12.2 Å². The van der Waals surface area contributed by atoms with Gasteiger partial charge in [0.2, 0.25) is 0 Å². The maximum absolute atomic E-state index is 11.4. The van der Waals surface area contributed by atoms with E-state index in [2.05, 4.69) is 0 Å². The summed E-state index contributed by atoms with van der Waals surface area (Å²) >= 11 is 0. The number of ether oxygens (including phenoxy) is 1. The first-order valence-electron chi connectivity index (χ1n) is 4.47. The Labute approximate surface area is 107 Å². The molecule has 15 heavy (non-hydrogen) atoms. The van der Waals surface area contributed by atoms with Crippen molar-refractivity contribution in [3.8, 4) is 0 Å². The Morgan fingerprint density at radius 3 is 2.93 bits per heavy atom. The molecule has 4 heteroatoms. The second-order valence-corrected chi connectivity index (χ2v) is 2.93. The molecule has 0 amide bonds. The van der Waals surface area contributed by atoms with Crippen molar-refractivity contribution in [1.82, 2.24) is 0 Å². The van der Waals surface area contributed by atoms with Crippen LogP contribution >= 0.6 is 0 Å². The van der Waals surface area contributed by atoms with Gasteiger partial charge in [0.25, 0.3) is 0 Å². The Balaban J connectivity index is 0.00000196. The zero-order chi connectivity index (χ0) is 10.4. The predicted octanol–water partition coefficient (Wildman–Crippen LogP) is -1.75. The lowest BCUT2D eigenvalue weighted by atomic mass is 10.3. The van der Waals surface area contributed by atoms with Crippen LogP contribution in [0.3, 0.4) is 0 Å². The number of hydrogen-bond donors (Lipinski definition) is 0. The molecular weight excluding hydrogens is 305 g/mol. The minimum Gasteiger partial charge on any atom is -1.00 e. The molecule has 0 fully saturated rings. The van der Waals surface area contributed by atoms with Crippen LogP contribution in [0, 0.1) is 0 Å². The van der Waals surface area contributed by atoms with E-state index < -0.39 is 0 Å². The van der Waals surface area contributed by atoms with Crippen LogP contribution in [0.2, 0.25) is 0 Å². The number of carbonyl (C=O) groups is 1. The fraction of sp³-hybridized carbons (Fsp3) is 0.273. The average molecular weight is 319 g/mol. The van der Waals surface area contributed by atoms with Crippen LogP contribution < -0.4 is 28.5 Å². The molecule has 0 aromatic carbocycles. The number of esters is 1. The van der Waals surface area contributed by atoms with Crippen molar-refractivity contribution in [3.05, 3.63) is 42.2 Å². The van der Waals surface area contributed by atoms with E-state index in [4.69, 9.17) is 4.74 Å². The number of allylic oxidation sites excluding steroid dienone is 1. The number of nitrogens with zero attached hydrogens (tertiary/aromatic N) is 1. The minimum atomic E-state index is -0.292. The summed E-state index contributed by atoms with van der Waals surface area (Å²) in [7, 11) is 1.86. The molecule has 0 unspecified atom stereocenters. The Morgan fingerprint density at radius 2 is 2.33 bits per heavy atom. The van der Waals surface area contributed by atoms with Gasteiger partial charge in [0, 0.05) is 6.07 Å². The van der Waals surface area contributed by atoms with E-state index in [0.717, 1.165) is 0 Å². The predicted molar refractivity (Wildman–Crippen MR) is 52.7 cm³/mol. The zero-order valence-electron chi connectivity index (χ0n) is 8.81. The van der Waals surface area contributed by atoms with Crippen molar-refractivity contribution in [3.63, 3.8) is 0 Å². The quantitative estimate of drug-likeness (QED) is 0.286. The van der Waals surface area contributed by atoms with Crippen molar-refractivity contribution >= 4 is 5.97 Å². The third-order valence-electron chi connectivity index (χ3n) is 1.72. The molecule has 0 saturated heterocycles. The first kappa shape index (κ1) is 14.1. The maximum Gasteiger partial charge on any atom is 0.344 e.